The summed E-state index contributed by atoms with van der Waals surface area (Å²) in [6.07, 6.45) is 7.79. The van der Waals surface area contributed by atoms with Gasteiger partial charge in [-0.3, -0.25) is 0 Å². The van der Waals surface area contributed by atoms with Crippen molar-refractivity contribution in [2.24, 2.45) is 15.4 Å². The van der Waals surface area contributed by atoms with Crippen molar-refractivity contribution in [3.8, 4) is 0 Å². The first-order chi connectivity index (χ1) is 5.91. The second-order valence-electron chi connectivity index (χ2n) is 3.66. The van der Waals surface area contributed by atoms with Gasteiger partial charge < -0.3 is 5.32 Å². The van der Waals surface area contributed by atoms with Crippen LogP contribution in [0.15, 0.2) is 21.5 Å². The number of nitrogens with one attached hydrogen (secondary N) is 1. The SMILES string of the molecule is C1=NC2=C(NC1)C1(C=N2)CCC1. The van der Waals surface area contributed by atoms with E-state index in [1.54, 1.807) is 0 Å². The molecule has 2 heterocycles. The van der Waals surface area contributed by atoms with Gasteiger partial charge in [-0.05, 0) is 12.8 Å². The molecular formula is C9H11N3. The molecule has 1 aliphatic carbocycles. The van der Waals surface area contributed by atoms with Crippen LogP contribution in [-0.2, 0) is 0 Å². The fraction of sp³-hybridized carbons (Fsp3) is 0.556. The summed E-state index contributed by atoms with van der Waals surface area (Å²) in [7, 11) is 0. The summed E-state index contributed by atoms with van der Waals surface area (Å²) in [5.74, 6) is 0.918. The Morgan fingerprint density at radius 3 is 3.00 bits per heavy atom. The number of hydrogen-bond acceptors (Lipinski definition) is 3. The Labute approximate surface area is 71.3 Å². The van der Waals surface area contributed by atoms with Crippen LogP contribution in [0.2, 0.25) is 0 Å². The molecular weight excluding hydrogens is 150 g/mol. The topological polar surface area (TPSA) is 36.8 Å². The van der Waals surface area contributed by atoms with Crippen LogP contribution >= 0.6 is 0 Å². The third-order valence-corrected chi connectivity index (χ3v) is 2.98. The lowest BCUT2D eigenvalue weighted by Gasteiger charge is -2.38. The normalized spacial score (nSPS) is 28.7. The molecule has 1 spiro atoms. The van der Waals surface area contributed by atoms with E-state index in [-0.39, 0.29) is 5.41 Å². The van der Waals surface area contributed by atoms with Crippen LogP contribution in [0.4, 0.5) is 0 Å². The number of hydrogen-bond donors (Lipinski definition) is 1. The molecule has 1 N–H and O–H groups in total. The van der Waals surface area contributed by atoms with Crippen molar-refractivity contribution in [2.45, 2.75) is 19.3 Å². The molecule has 3 rings (SSSR count). The summed E-state index contributed by atoms with van der Waals surface area (Å²) in [6.45, 7) is 0.865. The minimum absolute atomic E-state index is 0.271. The van der Waals surface area contributed by atoms with E-state index in [9.17, 15) is 0 Å². The van der Waals surface area contributed by atoms with Crippen LogP contribution < -0.4 is 5.32 Å². The van der Waals surface area contributed by atoms with E-state index in [2.05, 4.69) is 21.5 Å². The van der Waals surface area contributed by atoms with Gasteiger partial charge >= 0.3 is 0 Å². The third-order valence-electron chi connectivity index (χ3n) is 2.98. The Kier molecular flexibility index (Phi) is 1.05. The number of rotatable bonds is 0. The highest BCUT2D eigenvalue weighted by molar-refractivity contribution is 5.79. The Hall–Kier alpha value is -1.12. The Morgan fingerprint density at radius 1 is 1.33 bits per heavy atom. The smallest absolute Gasteiger partial charge is 0.171 e. The highest BCUT2D eigenvalue weighted by atomic mass is 15.1. The minimum atomic E-state index is 0.271. The van der Waals surface area contributed by atoms with Crippen molar-refractivity contribution in [3.63, 3.8) is 0 Å². The van der Waals surface area contributed by atoms with Crippen LogP contribution in [0.25, 0.3) is 0 Å². The van der Waals surface area contributed by atoms with Gasteiger partial charge in [-0.1, -0.05) is 6.42 Å². The molecule has 1 fully saturated rings. The van der Waals surface area contributed by atoms with Crippen LogP contribution in [0.5, 0.6) is 0 Å². The quantitative estimate of drug-likeness (QED) is 0.567. The Bertz CT molecular complexity index is 308. The van der Waals surface area contributed by atoms with Gasteiger partial charge in [-0.25, -0.2) is 9.98 Å². The van der Waals surface area contributed by atoms with Crippen LogP contribution in [0, 0.1) is 5.41 Å². The molecule has 0 radical (unpaired) electrons. The van der Waals surface area contributed by atoms with Crippen LogP contribution in [-0.4, -0.2) is 19.0 Å². The molecule has 3 nitrogen and oxygen atoms in total. The van der Waals surface area contributed by atoms with Crippen molar-refractivity contribution >= 4 is 12.4 Å². The number of fused-ring (bicyclic) bond motifs is 1. The second-order valence-corrected chi connectivity index (χ2v) is 3.66. The molecule has 0 bridgehead atoms. The molecule has 0 saturated heterocycles. The maximum Gasteiger partial charge on any atom is 0.171 e. The van der Waals surface area contributed by atoms with Crippen LogP contribution in [0.3, 0.4) is 0 Å². The predicted octanol–water partition coefficient (Wildman–Crippen LogP) is 1.08. The molecule has 0 amide bonds. The standard InChI is InChI=1S/C9H11N3/c1-2-9(3-1)6-12-8-7(9)10-4-5-11-8/h5-6,10H,1-4H2. The van der Waals surface area contributed by atoms with Gasteiger partial charge in [0.1, 0.15) is 0 Å². The van der Waals surface area contributed by atoms with Crippen molar-refractivity contribution in [3.05, 3.63) is 11.5 Å². The van der Waals surface area contributed by atoms with Gasteiger partial charge in [0.05, 0.1) is 12.2 Å². The fourth-order valence-corrected chi connectivity index (χ4v) is 2.11. The molecule has 0 unspecified atom stereocenters. The molecule has 3 heteroatoms. The average molecular weight is 161 g/mol. The summed E-state index contributed by atoms with van der Waals surface area (Å²) in [6, 6.07) is 0. The molecule has 62 valence electrons. The Morgan fingerprint density at radius 2 is 2.25 bits per heavy atom. The monoisotopic (exact) mass is 161 g/mol. The lowest BCUT2D eigenvalue weighted by Crippen LogP contribution is -2.38. The summed E-state index contributed by atoms with van der Waals surface area (Å²) >= 11 is 0. The van der Waals surface area contributed by atoms with E-state index in [0.717, 1.165) is 12.4 Å². The zero-order chi connectivity index (χ0) is 8.02. The molecule has 0 atom stereocenters. The number of nitrogens with zero attached hydrogens (tertiary/aromatic N) is 2. The average Bonchev–Trinajstić information content (AvgIpc) is 2.42. The van der Waals surface area contributed by atoms with Gasteiger partial charge in [0.15, 0.2) is 5.82 Å². The van der Waals surface area contributed by atoms with Gasteiger partial charge in [0.25, 0.3) is 0 Å². The van der Waals surface area contributed by atoms with Crippen molar-refractivity contribution < 1.29 is 0 Å². The molecule has 2 aliphatic heterocycles. The van der Waals surface area contributed by atoms with E-state index in [1.807, 2.05) is 6.21 Å². The van der Waals surface area contributed by atoms with Gasteiger partial charge in [-0.2, -0.15) is 0 Å². The van der Waals surface area contributed by atoms with Crippen LogP contribution in [0.1, 0.15) is 19.3 Å². The summed E-state index contributed by atoms with van der Waals surface area (Å²) in [5.41, 5.74) is 1.55. The lowest BCUT2D eigenvalue weighted by molar-refractivity contribution is 0.282. The largest absolute Gasteiger partial charge is 0.380 e. The van der Waals surface area contributed by atoms with E-state index < -0.39 is 0 Å². The molecule has 0 aromatic rings. The first-order valence-corrected chi connectivity index (χ1v) is 4.47. The first kappa shape index (κ1) is 6.40. The Balaban J connectivity index is 2.05. The minimum Gasteiger partial charge on any atom is -0.380 e. The first-order valence-electron chi connectivity index (χ1n) is 4.47. The highest BCUT2D eigenvalue weighted by Gasteiger charge is 2.44. The highest BCUT2D eigenvalue weighted by Crippen LogP contribution is 2.48. The maximum absolute atomic E-state index is 4.33. The zero-order valence-corrected chi connectivity index (χ0v) is 6.88. The fourth-order valence-electron chi connectivity index (χ4n) is 2.11. The predicted molar refractivity (Wildman–Crippen MR) is 48.3 cm³/mol. The molecule has 3 aliphatic rings. The summed E-state index contributed by atoms with van der Waals surface area (Å²) in [5, 5.41) is 3.38. The van der Waals surface area contributed by atoms with Gasteiger partial charge in [-0.15, -0.1) is 0 Å². The number of aliphatic imine (C=N–C) groups is 2. The number of allylic oxidation sites excluding steroid dienone is 1. The van der Waals surface area contributed by atoms with E-state index in [1.165, 1.54) is 25.0 Å². The van der Waals surface area contributed by atoms with Gasteiger partial charge in [0, 0.05) is 17.8 Å². The summed E-state index contributed by atoms with van der Waals surface area (Å²) in [4.78, 5) is 8.59. The zero-order valence-electron chi connectivity index (χ0n) is 6.88. The van der Waals surface area contributed by atoms with Gasteiger partial charge in [0.2, 0.25) is 0 Å². The molecule has 0 aromatic heterocycles. The van der Waals surface area contributed by atoms with E-state index >= 15 is 0 Å². The second kappa shape index (κ2) is 1.97. The molecule has 12 heavy (non-hydrogen) atoms. The maximum atomic E-state index is 4.33. The van der Waals surface area contributed by atoms with Crippen molar-refractivity contribution in [1.82, 2.24) is 5.32 Å². The van der Waals surface area contributed by atoms with Crippen molar-refractivity contribution in [1.29, 1.82) is 0 Å². The lowest BCUT2D eigenvalue weighted by atomic mass is 9.68. The molecule has 0 aromatic carbocycles. The molecule has 1 saturated carbocycles. The third kappa shape index (κ3) is 0.618. The van der Waals surface area contributed by atoms with E-state index in [0.29, 0.717) is 0 Å². The van der Waals surface area contributed by atoms with E-state index in [4.69, 9.17) is 0 Å². The summed E-state index contributed by atoms with van der Waals surface area (Å²) < 4.78 is 0. The van der Waals surface area contributed by atoms with Crippen molar-refractivity contribution in [2.75, 3.05) is 6.54 Å².